The van der Waals surface area contributed by atoms with Crippen molar-refractivity contribution in [2.75, 3.05) is 5.32 Å². The minimum atomic E-state index is -0.157. The van der Waals surface area contributed by atoms with Gasteiger partial charge in [0.1, 0.15) is 5.82 Å². The highest BCUT2D eigenvalue weighted by Crippen LogP contribution is 2.27. The molecule has 2 aromatic heterocycles. The average Bonchev–Trinajstić information content (AvgIpc) is 3.25. The van der Waals surface area contributed by atoms with E-state index in [0.717, 1.165) is 36.5 Å². The van der Waals surface area contributed by atoms with Crippen molar-refractivity contribution in [3.05, 3.63) is 59.8 Å². The Labute approximate surface area is 145 Å². The number of nitrogens with one attached hydrogen (secondary N) is 1. The summed E-state index contributed by atoms with van der Waals surface area (Å²) < 4.78 is 7.53. The third kappa shape index (κ3) is 3.45. The normalized spacial score (nSPS) is 16.4. The molecule has 0 spiro atoms. The van der Waals surface area contributed by atoms with Gasteiger partial charge >= 0.3 is 0 Å². The van der Waals surface area contributed by atoms with E-state index >= 15 is 0 Å². The van der Waals surface area contributed by atoms with E-state index in [2.05, 4.69) is 25.0 Å². The summed E-state index contributed by atoms with van der Waals surface area (Å²) >= 11 is 0. The molecule has 3 heterocycles. The summed E-state index contributed by atoms with van der Waals surface area (Å²) in [7, 11) is 0. The number of amides is 1. The number of carbonyl (C=O) groups excluding carboxylic acids is 1. The molecule has 1 aliphatic rings. The van der Waals surface area contributed by atoms with Crippen LogP contribution in [0.3, 0.4) is 0 Å². The monoisotopic (exact) mass is 337 g/mol. The van der Waals surface area contributed by atoms with Crippen LogP contribution in [0.4, 0.5) is 5.69 Å². The number of hydrogen-bond donors (Lipinski definition) is 1. The molecule has 1 amide bonds. The van der Waals surface area contributed by atoms with Crippen LogP contribution in [-0.4, -0.2) is 25.6 Å². The molecule has 0 bridgehead atoms. The van der Waals surface area contributed by atoms with Gasteiger partial charge in [0.05, 0.1) is 6.42 Å². The van der Waals surface area contributed by atoms with E-state index in [1.54, 1.807) is 0 Å². The van der Waals surface area contributed by atoms with Crippen LogP contribution >= 0.6 is 0 Å². The molecule has 0 saturated carbocycles. The van der Waals surface area contributed by atoms with Crippen molar-refractivity contribution in [3.8, 4) is 0 Å². The predicted molar refractivity (Wildman–Crippen MR) is 91.1 cm³/mol. The van der Waals surface area contributed by atoms with Crippen LogP contribution in [-0.2, 0) is 24.2 Å². The number of carbonyl (C=O) groups is 1. The zero-order valence-electron chi connectivity index (χ0n) is 14.0. The van der Waals surface area contributed by atoms with Gasteiger partial charge in [-0.05, 0) is 25.5 Å². The summed E-state index contributed by atoms with van der Waals surface area (Å²) in [6.07, 6.45) is 5.61. The van der Waals surface area contributed by atoms with Gasteiger partial charge in [-0.25, -0.2) is 4.98 Å². The van der Waals surface area contributed by atoms with E-state index in [9.17, 15) is 4.79 Å². The molecule has 4 rings (SSSR count). The van der Waals surface area contributed by atoms with Gasteiger partial charge in [-0.1, -0.05) is 22.9 Å². The Kier molecular flexibility index (Phi) is 4.05. The van der Waals surface area contributed by atoms with E-state index in [4.69, 9.17) is 4.52 Å². The lowest BCUT2D eigenvalue weighted by molar-refractivity contribution is -0.115. The van der Waals surface area contributed by atoms with Gasteiger partial charge in [-0.3, -0.25) is 4.79 Å². The highest BCUT2D eigenvalue weighted by atomic mass is 16.5. The van der Waals surface area contributed by atoms with Crippen LogP contribution in [0.25, 0.3) is 0 Å². The lowest BCUT2D eigenvalue weighted by Crippen LogP contribution is -2.18. The minimum absolute atomic E-state index is 0.0960. The summed E-state index contributed by atoms with van der Waals surface area (Å²) in [6.45, 7) is 2.90. The largest absolute Gasteiger partial charge is 0.339 e. The molecule has 0 saturated heterocycles. The van der Waals surface area contributed by atoms with Gasteiger partial charge in [0, 0.05) is 37.0 Å². The van der Waals surface area contributed by atoms with Crippen LogP contribution in [0.1, 0.15) is 35.4 Å². The third-order valence-electron chi connectivity index (χ3n) is 4.44. The first kappa shape index (κ1) is 15.6. The quantitative estimate of drug-likeness (QED) is 0.790. The fourth-order valence-electron chi connectivity index (χ4n) is 3.05. The van der Waals surface area contributed by atoms with E-state index in [-0.39, 0.29) is 18.2 Å². The molecule has 1 aliphatic heterocycles. The van der Waals surface area contributed by atoms with Gasteiger partial charge in [0.15, 0.2) is 5.82 Å². The van der Waals surface area contributed by atoms with E-state index in [0.29, 0.717) is 11.7 Å². The van der Waals surface area contributed by atoms with Crippen LogP contribution in [0.2, 0.25) is 0 Å². The van der Waals surface area contributed by atoms with Crippen LogP contribution in [0, 0.1) is 6.92 Å². The molecule has 7 heteroatoms. The number of nitrogens with zero attached hydrogens (tertiary/aromatic N) is 4. The Morgan fingerprint density at radius 3 is 3.04 bits per heavy atom. The average molecular weight is 337 g/mol. The Morgan fingerprint density at radius 1 is 1.36 bits per heavy atom. The van der Waals surface area contributed by atoms with Gasteiger partial charge in [-0.15, -0.1) is 0 Å². The SMILES string of the molecule is Cc1ccc(NC(=O)Cc2noc([C@H]3CCn4ccnc4C3)n2)cc1. The molecule has 25 heavy (non-hydrogen) atoms. The highest BCUT2D eigenvalue weighted by molar-refractivity contribution is 5.91. The summed E-state index contributed by atoms with van der Waals surface area (Å²) in [6, 6.07) is 7.65. The van der Waals surface area contributed by atoms with Gasteiger partial charge < -0.3 is 14.4 Å². The Hall–Kier alpha value is -2.96. The molecule has 128 valence electrons. The van der Waals surface area contributed by atoms with Crippen molar-refractivity contribution >= 4 is 11.6 Å². The number of benzene rings is 1. The van der Waals surface area contributed by atoms with Gasteiger partial charge in [0.25, 0.3) is 0 Å². The molecule has 0 unspecified atom stereocenters. The lowest BCUT2D eigenvalue weighted by Gasteiger charge is -2.19. The maximum absolute atomic E-state index is 12.1. The van der Waals surface area contributed by atoms with Crippen molar-refractivity contribution in [1.29, 1.82) is 0 Å². The van der Waals surface area contributed by atoms with E-state index < -0.39 is 0 Å². The number of imidazole rings is 1. The molecule has 0 radical (unpaired) electrons. The molecular weight excluding hydrogens is 318 g/mol. The molecule has 0 fully saturated rings. The first-order chi connectivity index (χ1) is 12.2. The molecule has 1 aromatic carbocycles. The predicted octanol–water partition coefficient (Wildman–Crippen LogP) is 2.49. The highest BCUT2D eigenvalue weighted by Gasteiger charge is 2.25. The van der Waals surface area contributed by atoms with Crippen LogP contribution in [0.5, 0.6) is 0 Å². The maximum atomic E-state index is 12.1. The third-order valence-corrected chi connectivity index (χ3v) is 4.44. The number of hydrogen-bond acceptors (Lipinski definition) is 5. The van der Waals surface area contributed by atoms with Crippen molar-refractivity contribution in [2.24, 2.45) is 0 Å². The Morgan fingerprint density at radius 2 is 2.20 bits per heavy atom. The molecular formula is C18H19N5O2. The van der Waals surface area contributed by atoms with Crippen LogP contribution in [0.15, 0.2) is 41.2 Å². The number of aromatic nitrogens is 4. The Bertz CT molecular complexity index is 881. The van der Waals surface area contributed by atoms with Crippen LogP contribution < -0.4 is 5.32 Å². The smallest absolute Gasteiger partial charge is 0.232 e. The van der Waals surface area contributed by atoms with Gasteiger partial charge in [0.2, 0.25) is 11.8 Å². The second-order valence-corrected chi connectivity index (χ2v) is 6.37. The summed E-state index contributed by atoms with van der Waals surface area (Å²) in [4.78, 5) is 20.9. The molecule has 3 aromatic rings. The zero-order chi connectivity index (χ0) is 17.2. The number of rotatable bonds is 4. The van der Waals surface area contributed by atoms with Crippen molar-refractivity contribution < 1.29 is 9.32 Å². The maximum Gasteiger partial charge on any atom is 0.232 e. The van der Waals surface area contributed by atoms with Crippen molar-refractivity contribution in [2.45, 2.75) is 38.6 Å². The molecule has 7 nitrogen and oxygen atoms in total. The van der Waals surface area contributed by atoms with E-state index in [1.807, 2.05) is 43.6 Å². The number of aryl methyl sites for hydroxylation is 2. The standard InChI is InChI=1S/C18H19N5O2/c1-12-2-4-14(5-3-12)20-17(24)11-15-21-18(25-22-15)13-6-8-23-9-7-19-16(23)10-13/h2-5,7,9,13H,6,8,10-11H2,1H3,(H,20,24)/t13-/m0/s1. The summed E-state index contributed by atoms with van der Waals surface area (Å²) in [5.74, 6) is 2.04. The van der Waals surface area contributed by atoms with Crippen molar-refractivity contribution in [3.63, 3.8) is 0 Å². The topological polar surface area (TPSA) is 85.8 Å². The second kappa shape index (κ2) is 6.51. The molecule has 0 aliphatic carbocycles. The lowest BCUT2D eigenvalue weighted by atomic mass is 9.98. The molecule has 1 N–H and O–H groups in total. The van der Waals surface area contributed by atoms with Gasteiger partial charge in [-0.2, -0.15) is 4.98 Å². The van der Waals surface area contributed by atoms with E-state index in [1.165, 1.54) is 0 Å². The Balaban J connectivity index is 1.38. The van der Waals surface area contributed by atoms with Crippen molar-refractivity contribution in [1.82, 2.24) is 19.7 Å². The number of anilines is 1. The molecule has 1 atom stereocenters. The number of fused-ring (bicyclic) bond motifs is 1. The zero-order valence-corrected chi connectivity index (χ0v) is 14.0. The second-order valence-electron chi connectivity index (χ2n) is 6.37. The first-order valence-electron chi connectivity index (χ1n) is 8.36. The minimum Gasteiger partial charge on any atom is -0.339 e. The fourth-order valence-corrected chi connectivity index (χ4v) is 3.05. The summed E-state index contributed by atoms with van der Waals surface area (Å²) in [5, 5.41) is 6.80. The first-order valence-corrected chi connectivity index (χ1v) is 8.36. The summed E-state index contributed by atoms with van der Waals surface area (Å²) in [5.41, 5.74) is 1.91. The fraction of sp³-hybridized carbons (Fsp3) is 0.333.